The third kappa shape index (κ3) is 4.23. The van der Waals surface area contributed by atoms with Crippen molar-refractivity contribution in [2.45, 2.75) is 13.5 Å². The van der Waals surface area contributed by atoms with Gasteiger partial charge in [-0.2, -0.15) is 0 Å². The van der Waals surface area contributed by atoms with Gasteiger partial charge in [0.1, 0.15) is 12.1 Å². The Hall–Kier alpha value is -2.71. The van der Waals surface area contributed by atoms with Crippen LogP contribution in [0.2, 0.25) is 0 Å². The summed E-state index contributed by atoms with van der Waals surface area (Å²) in [5.41, 5.74) is 1.44. The van der Waals surface area contributed by atoms with E-state index in [2.05, 4.69) is 19.8 Å². The molecule has 0 bridgehead atoms. The van der Waals surface area contributed by atoms with Crippen LogP contribution in [0.25, 0.3) is 10.8 Å². The minimum absolute atomic E-state index is 0.333. The summed E-state index contributed by atoms with van der Waals surface area (Å²) in [7, 11) is 0. The smallest absolute Gasteiger partial charge is 0.339 e. The van der Waals surface area contributed by atoms with Crippen molar-refractivity contribution in [1.82, 2.24) is 14.9 Å². The molecule has 0 aliphatic carbocycles. The van der Waals surface area contributed by atoms with Gasteiger partial charge in [-0.1, -0.05) is 6.07 Å². The minimum Gasteiger partial charge on any atom is -0.462 e. The summed E-state index contributed by atoms with van der Waals surface area (Å²) in [4.78, 5) is 26.4. The van der Waals surface area contributed by atoms with Gasteiger partial charge in [0.05, 0.1) is 22.7 Å². The minimum atomic E-state index is -0.333. The van der Waals surface area contributed by atoms with Crippen LogP contribution in [0.5, 0.6) is 0 Å². The number of hydrogen-bond donors (Lipinski definition) is 0. The van der Waals surface area contributed by atoms with E-state index < -0.39 is 0 Å². The van der Waals surface area contributed by atoms with Gasteiger partial charge in [-0.3, -0.25) is 4.90 Å². The molecule has 0 amide bonds. The van der Waals surface area contributed by atoms with Gasteiger partial charge in [0.25, 0.3) is 0 Å². The normalized spacial score (nSPS) is 15.0. The van der Waals surface area contributed by atoms with Gasteiger partial charge < -0.3 is 14.1 Å². The SMILES string of the molecule is CCOC(=O)c1ccc(N2CCN(Cc3coc(-c4cccs4)n3)CC2)nc1. The Morgan fingerprint density at radius 3 is 2.79 bits per heavy atom. The Balaban J connectivity index is 1.30. The predicted molar refractivity (Wildman–Crippen MR) is 107 cm³/mol. The average molecular weight is 398 g/mol. The fraction of sp³-hybridized carbons (Fsp3) is 0.350. The van der Waals surface area contributed by atoms with Gasteiger partial charge in [-0.25, -0.2) is 14.8 Å². The molecule has 28 heavy (non-hydrogen) atoms. The predicted octanol–water partition coefficient (Wildman–Crippen LogP) is 3.30. The van der Waals surface area contributed by atoms with Gasteiger partial charge in [0.15, 0.2) is 0 Å². The summed E-state index contributed by atoms with van der Waals surface area (Å²) < 4.78 is 10.6. The molecule has 4 heterocycles. The highest BCUT2D eigenvalue weighted by molar-refractivity contribution is 7.13. The zero-order valence-electron chi connectivity index (χ0n) is 15.7. The van der Waals surface area contributed by atoms with Crippen LogP contribution in [0, 0.1) is 0 Å². The molecular formula is C20H22N4O3S. The van der Waals surface area contributed by atoms with Crippen molar-refractivity contribution >= 4 is 23.1 Å². The van der Waals surface area contributed by atoms with Gasteiger partial charge >= 0.3 is 5.97 Å². The molecular weight excluding hydrogens is 376 g/mol. The van der Waals surface area contributed by atoms with Crippen LogP contribution in [-0.4, -0.2) is 53.6 Å². The third-order valence-corrected chi connectivity index (χ3v) is 5.48. The molecule has 1 saturated heterocycles. The number of ether oxygens (including phenoxy) is 1. The number of carbonyl (C=O) groups excluding carboxylic acids is 1. The summed E-state index contributed by atoms with van der Waals surface area (Å²) in [6, 6.07) is 7.66. The van der Waals surface area contributed by atoms with E-state index in [-0.39, 0.29) is 5.97 Å². The molecule has 7 nitrogen and oxygen atoms in total. The molecule has 0 unspecified atom stereocenters. The molecule has 0 spiro atoms. The van der Waals surface area contributed by atoms with Crippen molar-refractivity contribution in [2.75, 3.05) is 37.7 Å². The molecule has 1 aliphatic heterocycles. The van der Waals surface area contributed by atoms with Crippen molar-refractivity contribution in [3.63, 3.8) is 0 Å². The summed E-state index contributed by atoms with van der Waals surface area (Å²) in [6.07, 6.45) is 3.33. The van der Waals surface area contributed by atoms with E-state index in [0.717, 1.165) is 49.1 Å². The van der Waals surface area contributed by atoms with E-state index in [9.17, 15) is 4.79 Å². The zero-order chi connectivity index (χ0) is 19.3. The Morgan fingerprint density at radius 1 is 1.25 bits per heavy atom. The molecule has 8 heteroatoms. The number of pyridine rings is 1. The summed E-state index contributed by atoms with van der Waals surface area (Å²) in [5.74, 6) is 1.24. The number of piperazine rings is 1. The monoisotopic (exact) mass is 398 g/mol. The van der Waals surface area contributed by atoms with Crippen LogP contribution in [0.3, 0.4) is 0 Å². The van der Waals surface area contributed by atoms with E-state index in [1.807, 2.05) is 23.6 Å². The highest BCUT2D eigenvalue weighted by Crippen LogP contribution is 2.24. The topological polar surface area (TPSA) is 71.7 Å². The lowest BCUT2D eigenvalue weighted by molar-refractivity contribution is 0.0526. The van der Waals surface area contributed by atoms with Crippen LogP contribution in [0.1, 0.15) is 23.0 Å². The molecule has 0 radical (unpaired) electrons. The molecule has 0 aromatic carbocycles. The van der Waals surface area contributed by atoms with Crippen LogP contribution in [0.15, 0.2) is 46.5 Å². The number of aromatic nitrogens is 2. The molecule has 1 aliphatic rings. The van der Waals surface area contributed by atoms with Crippen LogP contribution < -0.4 is 4.90 Å². The first-order valence-electron chi connectivity index (χ1n) is 9.31. The molecule has 146 valence electrons. The zero-order valence-corrected chi connectivity index (χ0v) is 16.5. The Morgan fingerprint density at radius 2 is 2.11 bits per heavy atom. The van der Waals surface area contributed by atoms with Gasteiger partial charge in [-0.05, 0) is 30.5 Å². The van der Waals surface area contributed by atoms with Crippen LogP contribution in [-0.2, 0) is 11.3 Å². The number of thiophene rings is 1. The maximum Gasteiger partial charge on any atom is 0.339 e. The maximum atomic E-state index is 11.7. The largest absolute Gasteiger partial charge is 0.462 e. The summed E-state index contributed by atoms with van der Waals surface area (Å²) >= 11 is 1.63. The average Bonchev–Trinajstić information content (AvgIpc) is 3.41. The molecule has 0 N–H and O–H groups in total. The number of esters is 1. The van der Waals surface area contributed by atoms with E-state index in [1.54, 1.807) is 36.8 Å². The lowest BCUT2D eigenvalue weighted by atomic mass is 10.2. The Labute approximate surface area is 167 Å². The quantitative estimate of drug-likeness (QED) is 0.590. The van der Waals surface area contributed by atoms with Gasteiger partial charge in [-0.15, -0.1) is 11.3 Å². The van der Waals surface area contributed by atoms with Crippen molar-refractivity contribution in [2.24, 2.45) is 0 Å². The Kier molecular flexibility index (Phi) is 5.68. The number of hydrogen-bond acceptors (Lipinski definition) is 8. The second-order valence-corrected chi connectivity index (χ2v) is 7.46. The summed E-state index contributed by atoms with van der Waals surface area (Å²) in [5, 5.41) is 2.02. The van der Waals surface area contributed by atoms with Crippen molar-refractivity contribution < 1.29 is 13.9 Å². The van der Waals surface area contributed by atoms with Crippen LogP contribution >= 0.6 is 11.3 Å². The van der Waals surface area contributed by atoms with Gasteiger partial charge in [0.2, 0.25) is 5.89 Å². The lowest BCUT2D eigenvalue weighted by Crippen LogP contribution is -2.46. The number of rotatable bonds is 6. The number of nitrogens with zero attached hydrogens (tertiary/aromatic N) is 4. The van der Waals surface area contributed by atoms with E-state index in [4.69, 9.17) is 9.15 Å². The highest BCUT2D eigenvalue weighted by atomic mass is 32.1. The molecule has 1 fully saturated rings. The molecule has 0 atom stereocenters. The van der Waals surface area contributed by atoms with Crippen molar-refractivity contribution in [1.29, 1.82) is 0 Å². The first kappa shape index (κ1) is 18.6. The second-order valence-electron chi connectivity index (χ2n) is 6.51. The Bertz CT molecular complexity index is 900. The maximum absolute atomic E-state index is 11.7. The first-order valence-corrected chi connectivity index (χ1v) is 10.2. The lowest BCUT2D eigenvalue weighted by Gasteiger charge is -2.35. The number of carbonyl (C=O) groups is 1. The summed E-state index contributed by atoms with van der Waals surface area (Å²) in [6.45, 7) is 6.52. The van der Waals surface area contributed by atoms with E-state index >= 15 is 0 Å². The molecule has 4 rings (SSSR count). The van der Waals surface area contributed by atoms with E-state index in [0.29, 0.717) is 18.1 Å². The molecule has 3 aromatic heterocycles. The molecule has 3 aromatic rings. The first-order chi connectivity index (χ1) is 13.7. The number of anilines is 1. The van der Waals surface area contributed by atoms with Crippen molar-refractivity contribution in [3.05, 3.63) is 53.4 Å². The van der Waals surface area contributed by atoms with Crippen LogP contribution in [0.4, 0.5) is 5.82 Å². The number of oxazole rings is 1. The second kappa shape index (κ2) is 8.53. The standard InChI is InChI=1S/C20H22N4O3S/c1-2-26-20(25)15-5-6-18(21-12-15)24-9-7-23(8-10-24)13-16-14-27-19(22-16)17-4-3-11-28-17/h3-6,11-12,14H,2,7-10,13H2,1H3. The highest BCUT2D eigenvalue weighted by Gasteiger charge is 2.20. The van der Waals surface area contributed by atoms with Gasteiger partial charge in [0, 0.05) is 38.9 Å². The van der Waals surface area contributed by atoms with E-state index in [1.165, 1.54) is 0 Å². The van der Waals surface area contributed by atoms with Crippen molar-refractivity contribution in [3.8, 4) is 10.8 Å². The molecule has 0 saturated carbocycles. The fourth-order valence-electron chi connectivity index (χ4n) is 3.17. The fourth-order valence-corrected chi connectivity index (χ4v) is 3.82. The third-order valence-electron chi connectivity index (χ3n) is 4.62.